The quantitative estimate of drug-likeness (QED) is 0.829. The lowest BCUT2D eigenvalue weighted by atomic mass is 10.3. The van der Waals surface area contributed by atoms with Crippen molar-refractivity contribution >= 4 is 18.4 Å². The number of benzene rings is 1. The van der Waals surface area contributed by atoms with Gasteiger partial charge in [-0.05, 0) is 37.3 Å². The second-order valence-electron chi connectivity index (χ2n) is 5.09. The molecule has 0 radical (unpaired) electrons. The van der Waals surface area contributed by atoms with E-state index in [1.54, 1.807) is 37.4 Å². The average Bonchev–Trinajstić information content (AvgIpc) is 2.55. The van der Waals surface area contributed by atoms with Crippen LogP contribution in [0.3, 0.4) is 0 Å². The number of aromatic nitrogens is 1. The van der Waals surface area contributed by atoms with Crippen LogP contribution in [0, 0.1) is 0 Å². The molecular formula is C16H21N2O3P. The van der Waals surface area contributed by atoms with E-state index in [9.17, 15) is 9.67 Å². The van der Waals surface area contributed by atoms with E-state index in [4.69, 9.17) is 4.52 Å². The average molecular weight is 320 g/mol. The van der Waals surface area contributed by atoms with Crippen molar-refractivity contribution in [2.24, 2.45) is 0 Å². The molecule has 0 saturated heterocycles. The van der Waals surface area contributed by atoms with Gasteiger partial charge in [0.05, 0.1) is 6.61 Å². The smallest absolute Gasteiger partial charge is 0.264 e. The topological polar surface area (TPSA) is 62.7 Å². The Morgan fingerprint density at radius 1 is 1.27 bits per heavy atom. The van der Waals surface area contributed by atoms with Crippen LogP contribution >= 0.6 is 7.37 Å². The zero-order valence-electron chi connectivity index (χ0n) is 13.0. The Morgan fingerprint density at radius 2 is 1.95 bits per heavy atom. The molecule has 6 heteroatoms. The van der Waals surface area contributed by atoms with Crippen LogP contribution in [-0.2, 0) is 9.09 Å². The number of pyridine rings is 1. The summed E-state index contributed by atoms with van der Waals surface area (Å²) >= 11 is 0. The predicted molar refractivity (Wildman–Crippen MR) is 88.8 cm³/mol. The van der Waals surface area contributed by atoms with E-state index in [-0.39, 0.29) is 6.61 Å². The first-order valence-electron chi connectivity index (χ1n) is 7.09. The molecule has 5 nitrogen and oxygen atoms in total. The van der Waals surface area contributed by atoms with E-state index in [2.05, 4.69) is 4.98 Å². The second kappa shape index (κ2) is 7.05. The van der Waals surface area contributed by atoms with Crippen LogP contribution in [-0.4, -0.2) is 30.8 Å². The van der Waals surface area contributed by atoms with Crippen molar-refractivity contribution in [2.45, 2.75) is 12.8 Å². The summed E-state index contributed by atoms with van der Waals surface area (Å²) in [7, 11) is 0.427. The van der Waals surface area contributed by atoms with Gasteiger partial charge in [-0.3, -0.25) is 9.55 Å². The fourth-order valence-corrected chi connectivity index (χ4v) is 4.23. The number of anilines is 1. The van der Waals surface area contributed by atoms with E-state index >= 15 is 0 Å². The number of hydrogen-bond donors (Lipinski definition) is 1. The Bertz CT molecular complexity index is 644. The van der Waals surface area contributed by atoms with Crippen LogP contribution in [0.2, 0.25) is 0 Å². The fraction of sp³-hybridized carbons (Fsp3) is 0.312. The number of aliphatic hydroxyl groups excluding tert-OH is 1. The van der Waals surface area contributed by atoms with E-state index < -0.39 is 13.2 Å². The van der Waals surface area contributed by atoms with Gasteiger partial charge < -0.3 is 14.5 Å². The summed E-state index contributed by atoms with van der Waals surface area (Å²) in [4.78, 5) is 5.92. The molecule has 0 bridgehead atoms. The summed E-state index contributed by atoms with van der Waals surface area (Å²) in [5.41, 5.74) is 1.47. The van der Waals surface area contributed by atoms with Gasteiger partial charge in [0.1, 0.15) is 0 Å². The van der Waals surface area contributed by atoms with Gasteiger partial charge >= 0.3 is 0 Å². The van der Waals surface area contributed by atoms with Crippen LogP contribution in [0.5, 0.6) is 0 Å². The molecule has 0 spiro atoms. The highest BCUT2D eigenvalue weighted by Crippen LogP contribution is 2.57. The van der Waals surface area contributed by atoms with Gasteiger partial charge in [0.25, 0.3) is 7.37 Å². The standard InChI is InChI=1S/C16H21N2O3P/c1-4-21-22(20,16(19)13-6-5-11-17-12-13)15-9-7-14(8-10-15)18(2)3/h5-12,16,19H,4H2,1-3H3/t16-,22+/m1/s1. The summed E-state index contributed by atoms with van der Waals surface area (Å²) < 4.78 is 18.8. The first kappa shape index (κ1) is 16.7. The maximum atomic E-state index is 13.3. The Balaban J connectivity index is 2.41. The zero-order valence-corrected chi connectivity index (χ0v) is 13.9. The van der Waals surface area contributed by atoms with E-state index in [1.807, 2.05) is 31.1 Å². The number of rotatable bonds is 6. The summed E-state index contributed by atoms with van der Waals surface area (Å²) in [6.07, 6.45) is 3.11. The van der Waals surface area contributed by atoms with E-state index in [1.165, 1.54) is 6.20 Å². The van der Waals surface area contributed by atoms with Crippen LogP contribution in [0.4, 0.5) is 5.69 Å². The predicted octanol–water partition coefficient (Wildman–Crippen LogP) is 2.78. The molecule has 0 unspecified atom stereocenters. The highest BCUT2D eigenvalue weighted by atomic mass is 31.2. The van der Waals surface area contributed by atoms with Crippen LogP contribution in [0.25, 0.3) is 0 Å². The molecule has 0 fully saturated rings. The summed E-state index contributed by atoms with van der Waals surface area (Å²) in [6.45, 7) is 2.01. The van der Waals surface area contributed by atoms with Gasteiger partial charge in [-0.2, -0.15) is 0 Å². The van der Waals surface area contributed by atoms with Gasteiger partial charge in [-0.1, -0.05) is 6.07 Å². The molecule has 2 atom stereocenters. The first-order chi connectivity index (χ1) is 10.5. The molecule has 0 aliphatic heterocycles. The van der Waals surface area contributed by atoms with Crippen LogP contribution < -0.4 is 10.2 Å². The third kappa shape index (κ3) is 3.38. The molecule has 2 rings (SSSR count). The summed E-state index contributed by atoms with van der Waals surface area (Å²) in [5.74, 6) is -1.23. The maximum Gasteiger partial charge on any atom is 0.264 e. The Morgan fingerprint density at radius 3 is 2.45 bits per heavy atom. The second-order valence-corrected chi connectivity index (χ2v) is 7.54. The molecule has 0 aliphatic carbocycles. The third-order valence-electron chi connectivity index (χ3n) is 3.35. The number of hydrogen-bond acceptors (Lipinski definition) is 5. The third-order valence-corrected chi connectivity index (χ3v) is 5.95. The molecular weight excluding hydrogens is 299 g/mol. The SMILES string of the molecule is CCO[P@@](=O)(c1ccc(N(C)C)cc1)[C@@H](O)c1cccnc1. The van der Waals surface area contributed by atoms with E-state index in [0.717, 1.165) is 5.69 Å². The molecule has 118 valence electrons. The van der Waals surface area contributed by atoms with Gasteiger partial charge in [0, 0.05) is 43.0 Å². The lowest BCUT2D eigenvalue weighted by molar-refractivity contribution is 0.218. The van der Waals surface area contributed by atoms with Crippen LogP contribution in [0.15, 0.2) is 48.8 Å². The van der Waals surface area contributed by atoms with Crippen molar-refractivity contribution in [3.8, 4) is 0 Å². The van der Waals surface area contributed by atoms with Crippen LogP contribution in [0.1, 0.15) is 18.3 Å². The zero-order chi connectivity index (χ0) is 16.2. The summed E-state index contributed by atoms with van der Waals surface area (Å²) in [5, 5.41) is 11.1. The van der Waals surface area contributed by atoms with E-state index in [0.29, 0.717) is 10.9 Å². The molecule has 2 aromatic rings. The van der Waals surface area contributed by atoms with Gasteiger partial charge in [-0.25, -0.2) is 0 Å². The molecule has 1 heterocycles. The van der Waals surface area contributed by atoms with Crippen molar-refractivity contribution < 1.29 is 14.2 Å². The monoisotopic (exact) mass is 320 g/mol. The normalized spacial score (nSPS) is 15.1. The van der Waals surface area contributed by atoms with Gasteiger partial charge in [0.2, 0.25) is 0 Å². The molecule has 22 heavy (non-hydrogen) atoms. The Hall–Kier alpha value is -1.68. The van der Waals surface area contributed by atoms with Crippen molar-refractivity contribution in [1.29, 1.82) is 0 Å². The maximum absolute atomic E-state index is 13.3. The minimum absolute atomic E-state index is 0.254. The molecule has 0 amide bonds. The number of aliphatic hydroxyl groups is 1. The summed E-state index contributed by atoms with van der Waals surface area (Å²) in [6, 6.07) is 10.6. The molecule has 1 aromatic heterocycles. The highest BCUT2D eigenvalue weighted by Gasteiger charge is 2.36. The van der Waals surface area contributed by atoms with Crippen molar-refractivity contribution in [3.63, 3.8) is 0 Å². The number of nitrogens with zero attached hydrogens (tertiary/aromatic N) is 2. The molecule has 1 aromatic carbocycles. The lowest BCUT2D eigenvalue weighted by Crippen LogP contribution is -2.16. The highest BCUT2D eigenvalue weighted by molar-refractivity contribution is 7.67. The van der Waals surface area contributed by atoms with Gasteiger partial charge in [0.15, 0.2) is 5.85 Å². The molecule has 0 saturated carbocycles. The Kier molecular flexibility index (Phi) is 5.35. The van der Waals surface area contributed by atoms with Crippen molar-refractivity contribution in [3.05, 3.63) is 54.4 Å². The Labute approximate surface area is 131 Å². The van der Waals surface area contributed by atoms with Crippen molar-refractivity contribution in [2.75, 3.05) is 25.6 Å². The molecule has 0 aliphatic rings. The minimum atomic E-state index is -3.44. The molecule has 1 N–H and O–H groups in total. The first-order valence-corrected chi connectivity index (χ1v) is 8.78. The lowest BCUT2D eigenvalue weighted by Gasteiger charge is -2.24. The van der Waals surface area contributed by atoms with Gasteiger partial charge in [-0.15, -0.1) is 0 Å². The largest absolute Gasteiger partial charge is 0.378 e. The minimum Gasteiger partial charge on any atom is -0.378 e. The van der Waals surface area contributed by atoms with Crippen molar-refractivity contribution in [1.82, 2.24) is 4.98 Å². The fourth-order valence-electron chi connectivity index (χ4n) is 2.16.